The third kappa shape index (κ3) is 9.48. The van der Waals surface area contributed by atoms with Crippen molar-refractivity contribution in [2.24, 2.45) is 0 Å². The molecule has 0 radical (unpaired) electrons. The number of aldehydes is 1. The fourth-order valence-corrected chi connectivity index (χ4v) is 8.27. The molecule has 0 aliphatic heterocycles. The van der Waals surface area contributed by atoms with Crippen LogP contribution in [0, 0.1) is 0 Å². The standard InChI is InChI=1S/C25H19N3O.C23H18N2O.C6H5N3O.CH2O2/c1-4-10-20(11-5-1)25(21-12-6-2-7-13-21,22-14-8-3-9-15-22)28-17-23(27-18-28)24-16-26-19-29-24;26-17-22-16-25(18-24-22)23(19-10-4-1-5-11-19,20-12-6-2-7-13-20)21-14-8-3-9-15-21;1-5(9-3-7-1)6-2-8-4-10-6;2-1-3/h1-19H;1-18H;1-4H,(H,7,9);1H,(H,2,3). The van der Waals surface area contributed by atoms with Crippen LogP contribution in [0.15, 0.2) is 254 Å². The predicted octanol–water partition coefficient (Wildman–Crippen LogP) is 10.7. The van der Waals surface area contributed by atoms with Crippen LogP contribution in [0.2, 0.25) is 0 Å². The number of aromatic amines is 1. The Morgan fingerprint density at radius 3 is 1.16 bits per heavy atom. The molecule has 0 saturated heterocycles. The topological polar surface area (TPSA) is 171 Å². The van der Waals surface area contributed by atoms with Crippen LogP contribution in [-0.2, 0) is 15.9 Å². The Bertz CT molecular complexity index is 2920. The Balaban J connectivity index is 0.000000146. The summed E-state index contributed by atoms with van der Waals surface area (Å²) in [6.45, 7) is -0.250. The van der Waals surface area contributed by atoms with Crippen molar-refractivity contribution >= 4 is 12.8 Å². The van der Waals surface area contributed by atoms with Crippen molar-refractivity contribution < 1.29 is 23.5 Å². The summed E-state index contributed by atoms with van der Waals surface area (Å²) >= 11 is 0. The largest absolute Gasteiger partial charge is 0.483 e. The van der Waals surface area contributed by atoms with E-state index in [0.29, 0.717) is 17.2 Å². The summed E-state index contributed by atoms with van der Waals surface area (Å²) < 4.78 is 14.7. The molecule has 13 nitrogen and oxygen atoms in total. The maximum Gasteiger partial charge on any atom is 0.290 e. The number of hydrogen-bond acceptors (Lipinski definition) is 9. The number of carbonyl (C=O) groups is 2. The van der Waals surface area contributed by atoms with Crippen LogP contribution in [0.4, 0.5) is 0 Å². The van der Waals surface area contributed by atoms with Crippen LogP contribution in [-0.4, -0.2) is 56.9 Å². The van der Waals surface area contributed by atoms with E-state index in [0.717, 1.165) is 51.1 Å². The number of carboxylic acid groups (broad SMARTS) is 1. The van der Waals surface area contributed by atoms with Crippen molar-refractivity contribution in [3.05, 3.63) is 284 Å². The minimum absolute atomic E-state index is 0.250. The lowest BCUT2D eigenvalue weighted by molar-refractivity contribution is -0.122. The zero-order valence-corrected chi connectivity index (χ0v) is 36.5. The lowest BCUT2D eigenvalue weighted by Gasteiger charge is -2.37. The first-order valence-electron chi connectivity index (χ1n) is 21.3. The second-order valence-corrected chi connectivity index (χ2v) is 14.9. The van der Waals surface area contributed by atoms with Crippen molar-refractivity contribution in [3.8, 4) is 22.9 Å². The third-order valence-electron chi connectivity index (χ3n) is 11.1. The number of carbonyl (C=O) groups excluding carboxylic acids is 1. The Labute approximate surface area is 391 Å². The molecule has 5 aromatic heterocycles. The Morgan fingerprint density at radius 1 is 0.471 bits per heavy atom. The van der Waals surface area contributed by atoms with Gasteiger partial charge in [0.05, 0.1) is 37.6 Å². The molecular weight excluding hydrogens is 853 g/mol. The first-order valence-corrected chi connectivity index (χ1v) is 21.3. The number of nitrogens with zero attached hydrogens (tertiary/aromatic N) is 7. The number of aromatic nitrogens is 8. The molecule has 11 aromatic rings. The van der Waals surface area contributed by atoms with Crippen LogP contribution >= 0.6 is 0 Å². The molecule has 6 aromatic carbocycles. The highest BCUT2D eigenvalue weighted by Crippen LogP contribution is 2.42. The Hall–Kier alpha value is -9.49. The highest BCUT2D eigenvalue weighted by Gasteiger charge is 2.39. The molecule has 5 heterocycles. The highest BCUT2D eigenvalue weighted by molar-refractivity contribution is 5.71. The summed E-state index contributed by atoms with van der Waals surface area (Å²) in [4.78, 5) is 43.1. The van der Waals surface area contributed by atoms with E-state index in [1.165, 1.54) is 12.8 Å². The highest BCUT2D eigenvalue weighted by atomic mass is 16.3. The minimum atomic E-state index is -0.613. The quantitative estimate of drug-likeness (QED) is 0.0940. The number of rotatable bonds is 11. The summed E-state index contributed by atoms with van der Waals surface area (Å²) in [6.07, 6.45) is 17.6. The molecule has 0 atom stereocenters. The number of oxazole rings is 2. The summed E-state index contributed by atoms with van der Waals surface area (Å²) in [6, 6.07) is 62.4. The molecule has 2 N–H and O–H groups in total. The van der Waals surface area contributed by atoms with Crippen LogP contribution in [0.25, 0.3) is 22.9 Å². The minimum Gasteiger partial charge on any atom is -0.483 e. The van der Waals surface area contributed by atoms with E-state index in [4.69, 9.17) is 18.7 Å². The number of nitrogens with one attached hydrogen (secondary N) is 1. The first kappa shape index (κ1) is 45.1. The van der Waals surface area contributed by atoms with E-state index in [1.807, 2.05) is 89.9 Å². The van der Waals surface area contributed by atoms with Gasteiger partial charge < -0.3 is 28.1 Å². The zero-order chi connectivity index (χ0) is 46.9. The second kappa shape index (κ2) is 21.9. The van der Waals surface area contributed by atoms with Gasteiger partial charge in [-0.3, -0.25) is 9.59 Å². The maximum absolute atomic E-state index is 11.3. The molecule has 0 bridgehead atoms. The Morgan fingerprint density at radius 2 is 0.838 bits per heavy atom. The molecule has 0 saturated carbocycles. The molecule has 68 heavy (non-hydrogen) atoms. The second-order valence-electron chi connectivity index (χ2n) is 14.9. The summed E-state index contributed by atoms with van der Waals surface area (Å²) in [5.74, 6) is 1.35. The normalized spacial score (nSPS) is 10.8. The molecule has 13 heteroatoms. The molecule has 334 valence electrons. The van der Waals surface area contributed by atoms with Crippen molar-refractivity contribution in [1.29, 1.82) is 0 Å². The van der Waals surface area contributed by atoms with E-state index in [-0.39, 0.29) is 6.47 Å². The van der Waals surface area contributed by atoms with Crippen LogP contribution in [0.5, 0.6) is 0 Å². The zero-order valence-electron chi connectivity index (χ0n) is 36.5. The molecule has 0 amide bonds. The molecule has 11 rings (SSSR count). The fraction of sp³-hybridized carbons (Fsp3) is 0.0364. The summed E-state index contributed by atoms with van der Waals surface area (Å²) in [7, 11) is 0. The third-order valence-corrected chi connectivity index (χ3v) is 11.1. The van der Waals surface area contributed by atoms with Crippen molar-refractivity contribution in [2.45, 2.75) is 11.1 Å². The van der Waals surface area contributed by atoms with Crippen LogP contribution < -0.4 is 0 Å². The van der Waals surface area contributed by atoms with E-state index < -0.39 is 11.1 Å². The van der Waals surface area contributed by atoms with Gasteiger partial charge in [-0.25, -0.2) is 24.9 Å². The SMILES string of the molecule is O=CO.O=Cc1cn(C(c2ccccc2)(c2ccccc2)c2ccccc2)cn1.c1ccc(C(c2ccccc2)(c2ccccc2)n2cnc(-c3cnco3)c2)cc1.c1ncc(-c2cnco2)[nH]1. The van der Waals surface area contributed by atoms with Crippen molar-refractivity contribution in [1.82, 2.24) is 39.0 Å². The van der Waals surface area contributed by atoms with Gasteiger partial charge in [-0.1, -0.05) is 182 Å². The summed E-state index contributed by atoms with van der Waals surface area (Å²) in [5, 5.41) is 6.89. The summed E-state index contributed by atoms with van der Waals surface area (Å²) in [5.41, 5.74) is 7.58. The molecular formula is C55H44N8O5. The smallest absolute Gasteiger partial charge is 0.290 e. The monoisotopic (exact) mass is 896 g/mol. The predicted molar refractivity (Wildman–Crippen MR) is 257 cm³/mol. The lowest BCUT2D eigenvalue weighted by atomic mass is 9.77. The molecule has 0 unspecified atom stereocenters. The van der Waals surface area contributed by atoms with Crippen LogP contribution in [0.3, 0.4) is 0 Å². The van der Waals surface area contributed by atoms with E-state index in [9.17, 15) is 4.79 Å². The molecule has 0 spiro atoms. The molecule has 0 aliphatic carbocycles. The van der Waals surface area contributed by atoms with E-state index in [1.54, 1.807) is 37.4 Å². The van der Waals surface area contributed by atoms with Crippen molar-refractivity contribution in [3.63, 3.8) is 0 Å². The number of imidazole rings is 3. The molecule has 0 fully saturated rings. The Kier molecular flexibility index (Phi) is 14.5. The first-order chi connectivity index (χ1) is 33.6. The average Bonchev–Trinajstić information content (AvgIpc) is 4.28. The van der Waals surface area contributed by atoms with Crippen LogP contribution in [0.1, 0.15) is 43.9 Å². The van der Waals surface area contributed by atoms with Gasteiger partial charge in [0.2, 0.25) is 0 Å². The van der Waals surface area contributed by atoms with Gasteiger partial charge in [-0.15, -0.1) is 0 Å². The van der Waals surface area contributed by atoms with Gasteiger partial charge >= 0.3 is 0 Å². The van der Waals surface area contributed by atoms with Gasteiger partial charge in [-0.2, -0.15) is 0 Å². The van der Waals surface area contributed by atoms with Gasteiger partial charge in [0.1, 0.15) is 28.2 Å². The average molecular weight is 897 g/mol. The van der Waals surface area contributed by atoms with Gasteiger partial charge in [0, 0.05) is 12.4 Å². The van der Waals surface area contributed by atoms with Gasteiger partial charge in [-0.05, 0) is 33.4 Å². The number of H-pyrrole nitrogens is 1. The molecule has 0 aliphatic rings. The number of hydrogen-bond donors (Lipinski definition) is 2. The lowest BCUT2D eigenvalue weighted by Crippen LogP contribution is -2.36. The van der Waals surface area contributed by atoms with Gasteiger partial charge in [0.15, 0.2) is 30.6 Å². The van der Waals surface area contributed by atoms with Gasteiger partial charge in [0.25, 0.3) is 6.47 Å². The van der Waals surface area contributed by atoms with Crippen molar-refractivity contribution in [2.75, 3.05) is 0 Å². The van der Waals surface area contributed by atoms with E-state index in [2.05, 4.69) is 144 Å². The number of benzene rings is 6. The van der Waals surface area contributed by atoms with E-state index >= 15 is 0 Å². The fourth-order valence-electron chi connectivity index (χ4n) is 8.27. The maximum atomic E-state index is 11.3.